The molecule has 1 aromatic rings. The van der Waals surface area contributed by atoms with Crippen LogP contribution in [-0.4, -0.2) is 35.2 Å². The van der Waals surface area contributed by atoms with E-state index in [-0.39, 0.29) is 18.2 Å². The molecule has 1 aliphatic rings. The molecule has 1 fully saturated rings. The van der Waals surface area contributed by atoms with Crippen LogP contribution in [0.4, 0.5) is 0 Å². The lowest BCUT2D eigenvalue weighted by Gasteiger charge is -2.38. The van der Waals surface area contributed by atoms with Crippen LogP contribution >= 0.6 is 11.3 Å². The molecule has 16 heavy (non-hydrogen) atoms. The minimum atomic E-state index is -0.186. The lowest BCUT2D eigenvalue weighted by atomic mass is 9.98. The highest BCUT2D eigenvalue weighted by molar-refractivity contribution is 7.07. The first-order chi connectivity index (χ1) is 7.68. The molecule has 3 N–H and O–H groups in total. The molecule has 0 saturated carbocycles. The second-order valence-corrected chi connectivity index (χ2v) is 5.43. The van der Waals surface area contributed by atoms with Gasteiger partial charge in [-0.1, -0.05) is 0 Å². The Morgan fingerprint density at radius 2 is 2.44 bits per heavy atom. The third-order valence-electron chi connectivity index (χ3n) is 3.20. The van der Waals surface area contributed by atoms with E-state index in [4.69, 9.17) is 5.73 Å². The van der Waals surface area contributed by atoms with Crippen molar-refractivity contribution < 1.29 is 5.11 Å². The van der Waals surface area contributed by atoms with Gasteiger partial charge in [0.05, 0.1) is 12.1 Å². The maximum absolute atomic E-state index is 9.73. The summed E-state index contributed by atoms with van der Waals surface area (Å²) in [6.45, 7) is 3.84. The van der Waals surface area contributed by atoms with E-state index in [1.807, 2.05) is 6.92 Å². The van der Waals surface area contributed by atoms with Crippen LogP contribution in [0.2, 0.25) is 0 Å². The Hall–Kier alpha value is -0.420. The molecular weight excluding hydrogens is 220 g/mol. The van der Waals surface area contributed by atoms with E-state index in [1.165, 1.54) is 5.56 Å². The number of nitrogens with zero attached hydrogens (tertiary/aromatic N) is 1. The van der Waals surface area contributed by atoms with E-state index in [0.717, 1.165) is 25.9 Å². The molecular formula is C12H20N2OS. The van der Waals surface area contributed by atoms with Crippen LogP contribution < -0.4 is 5.73 Å². The summed E-state index contributed by atoms with van der Waals surface area (Å²) in [5.74, 6) is 0. The normalized spacial score (nSPS) is 26.6. The first kappa shape index (κ1) is 12.0. The van der Waals surface area contributed by atoms with Crippen LogP contribution in [0.15, 0.2) is 16.8 Å². The number of aliphatic hydroxyl groups excluding tert-OH is 1. The Kier molecular flexibility index (Phi) is 3.97. The maximum Gasteiger partial charge on any atom is 0.0667 e. The van der Waals surface area contributed by atoms with Crippen molar-refractivity contribution in [3.63, 3.8) is 0 Å². The van der Waals surface area contributed by atoms with Crippen LogP contribution in [0, 0.1) is 0 Å². The molecule has 3 atom stereocenters. The van der Waals surface area contributed by atoms with E-state index in [0.29, 0.717) is 0 Å². The zero-order valence-corrected chi connectivity index (χ0v) is 10.5. The van der Waals surface area contributed by atoms with Crippen molar-refractivity contribution in [2.75, 3.05) is 13.1 Å². The van der Waals surface area contributed by atoms with Crippen LogP contribution in [0.1, 0.15) is 31.4 Å². The number of likely N-dealkylation sites (tertiary alicyclic amines) is 1. The number of β-amino-alcohol motifs (C(OH)–C–C–N with tert-alkyl or cyclic N) is 1. The number of hydrogen-bond donors (Lipinski definition) is 2. The van der Waals surface area contributed by atoms with Gasteiger partial charge in [-0.15, -0.1) is 0 Å². The Morgan fingerprint density at radius 3 is 3.00 bits per heavy atom. The van der Waals surface area contributed by atoms with Gasteiger partial charge in [-0.3, -0.25) is 4.90 Å². The van der Waals surface area contributed by atoms with Gasteiger partial charge in [0.15, 0.2) is 0 Å². The number of aliphatic hydroxyl groups is 1. The van der Waals surface area contributed by atoms with Crippen molar-refractivity contribution >= 4 is 11.3 Å². The summed E-state index contributed by atoms with van der Waals surface area (Å²) in [6.07, 6.45) is 1.80. The SMILES string of the molecule is CC(N)C(c1ccsc1)N1CCCC(O)C1. The highest BCUT2D eigenvalue weighted by Gasteiger charge is 2.28. The quantitative estimate of drug-likeness (QED) is 0.843. The fraction of sp³-hybridized carbons (Fsp3) is 0.667. The van der Waals surface area contributed by atoms with Crippen molar-refractivity contribution in [2.24, 2.45) is 5.73 Å². The molecule has 1 saturated heterocycles. The standard InChI is InChI=1S/C12H20N2OS/c1-9(13)12(10-4-6-16-8-10)14-5-2-3-11(15)7-14/h4,6,8-9,11-12,15H,2-3,5,7,13H2,1H3. The maximum atomic E-state index is 9.73. The molecule has 1 aromatic heterocycles. The average molecular weight is 240 g/mol. The Morgan fingerprint density at radius 1 is 1.62 bits per heavy atom. The van der Waals surface area contributed by atoms with Gasteiger partial charge < -0.3 is 10.8 Å². The van der Waals surface area contributed by atoms with Crippen LogP contribution in [0.25, 0.3) is 0 Å². The minimum Gasteiger partial charge on any atom is -0.392 e. The smallest absolute Gasteiger partial charge is 0.0667 e. The third kappa shape index (κ3) is 2.63. The molecule has 2 rings (SSSR count). The van der Waals surface area contributed by atoms with Crippen LogP contribution in [0.5, 0.6) is 0 Å². The molecule has 3 unspecified atom stereocenters. The highest BCUT2D eigenvalue weighted by Crippen LogP contribution is 2.28. The zero-order chi connectivity index (χ0) is 11.5. The van der Waals surface area contributed by atoms with Crippen molar-refractivity contribution in [2.45, 2.75) is 38.0 Å². The van der Waals surface area contributed by atoms with Crippen LogP contribution in [0.3, 0.4) is 0 Å². The molecule has 0 aromatic carbocycles. The van der Waals surface area contributed by atoms with Crippen molar-refractivity contribution in [1.82, 2.24) is 4.90 Å². The first-order valence-electron chi connectivity index (χ1n) is 5.88. The van der Waals surface area contributed by atoms with Crippen LogP contribution in [-0.2, 0) is 0 Å². The summed E-state index contributed by atoms with van der Waals surface area (Å²) in [5, 5.41) is 14.0. The number of hydrogen-bond acceptors (Lipinski definition) is 4. The van der Waals surface area contributed by atoms with Gasteiger partial charge >= 0.3 is 0 Å². The summed E-state index contributed by atoms with van der Waals surface area (Å²) in [4.78, 5) is 2.32. The lowest BCUT2D eigenvalue weighted by Crippen LogP contribution is -2.46. The fourth-order valence-corrected chi connectivity index (χ4v) is 3.22. The number of nitrogens with two attached hydrogens (primary N) is 1. The summed E-state index contributed by atoms with van der Waals surface area (Å²) >= 11 is 1.71. The molecule has 2 heterocycles. The van der Waals surface area contributed by atoms with E-state index in [1.54, 1.807) is 11.3 Å². The molecule has 3 nitrogen and oxygen atoms in total. The van der Waals surface area contributed by atoms with Gasteiger partial charge in [-0.05, 0) is 48.7 Å². The van der Waals surface area contributed by atoms with Gasteiger partial charge in [0.2, 0.25) is 0 Å². The van der Waals surface area contributed by atoms with E-state index >= 15 is 0 Å². The highest BCUT2D eigenvalue weighted by atomic mass is 32.1. The van der Waals surface area contributed by atoms with E-state index < -0.39 is 0 Å². The van der Waals surface area contributed by atoms with Crippen molar-refractivity contribution in [1.29, 1.82) is 0 Å². The summed E-state index contributed by atoms with van der Waals surface area (Å²) in [5.41, 5.74) is 7.37. The topological polar surface area (TPSA) is 49.5 Å². The first-order valence-corrected chi connectivity index (χ1v) is 6.82. The average Bonchev–Trinajstić information content (AvgIpc) is 2.71. The minimum absolute atomic E-state index is 0.0971. The molecule has 1 aliphatic heterocycles. The molecule has 0 radical (unpaired) electrons. The second-order valence-electron chi connectivity index (χ2n) is 4.65. The van der Waals surface area contributed by atoms with Gasteiger partial charge in [-0.2, -0.15) is 11.3 Å². The van der Waals surface area contributed by atoms with Gasteiger partial charge in [0.25, 0.3) is 0 Å². The second kappa shape index (κ2) is 5.27. The molecule has 0 spiro atoms. The van der Waals surface area contributed by atoms with Crippen molar-refractivity contribution in [3.05, 3.63) is 22.4 Å². The predicted molar refractivity (Wildman–Crippen MR) is 67.5 cm³/mol. The monoisotopic (exact) mass is 240 g/mol. The number of piperidine rings is 1. The van der Waals surface area contributed by atoms with Gasteiger partial charge in [-0.25, -0.2) is 0 Å². The summed E-state index contributed by atoms with van der Waals surface area (Å²) in [6, 6.07) is 2.49. The number of rotatable bonds is 3. The zero-order valence-electron chi connectivity index (χ0n) is 9.67. The third-order valence-corrected chi connectivity index (χ3v) is 3.91. The van der Waals surface area contributed by atoms with E-state index in [2.05, 4.69) is 21.7 Å². The Labute approximate surface area is 101 Å². The van der Waals surface area contributed by atoms with Gasteiger partial charge in [0, 0.05) is 12.6 Å². The molecule has 0 aliphatic carbocycles. The lowest BCUT2D eigenvalue weighted by molar-refractivity contribution is 0.0406. The molecule has 90 valence electrons. The summed E-state index contributed by atoms with van der Waals surface area (Å²) in [7, 11) is 0. The Bertz CT molecular complexity index is 313. The molecule has 4 heteroatoms. The Balaban J connectivity index is 2.13. The fourth-order valence-electron chi connectivity index (χ4n) is 2.53. The largest absolute Gasteiger partial charge is 0.392 e. The van der Waals surface area contributed by atoms with Crippen molar-refractivity contribution in [3.8, 4) is 0 Å². The molecule has 0 amide bonds. The number of thiophene rings is 1. The van der Waals surface area contributed by atoms with Gasteiger partial charge in [0.1, 0.15) is 0 Å². The summed E-state index contributed by atoms with van der Waals surface area (Å²) < 4.78 is 0. The van der Waals surface area contributed by atoms with E-state index in [9.17, 15) is 5.11 Å². The predicted octanol–water partition coefficient (Wildman–Crippen LogP) is 1.59. The molecule has 0 bridgehead atoms.